The highest BCUT2D eigenvalue weighted by Gasteiger charge is 2.47. The second-order valence-corrected chi connectivity index (χ2v) is 8.19. The molecule has 1 N–H and O–H groups in total. The minimum Gasteiger partial charge on any atom is -0.390 e. The number of fused-ring (bicyclic) bond motifs is 1. The summed E-state index contributed by atoms with van der Waals surface area (Å²) in [7, 11) is 0. The lowest BCUT2D eigenvalue weighted by molar-refractivity contribution is 0.0470. The van der Waals surface area contributed by atoms with Crippen molar-refractivity contribution in [2.24, 2.45) is 11.3 Å². The number of allylic oxidation sites excluding steroid dienone is 5. The predicted molar refractivity (Wildman–Crippen MR) is 95.7 cm³/mol. The molecule has 0 spiro atoms. The van der Waals surface area contributed by atoms with E-state index in [9.17, 15) is 5.11 Å². The largest absolute Gasteiger partial charge is 0.390 e. The van der Waals surface area contributed by atoms with Crippen LogP contribution >= 0.6 is 0 Å². The van der Waals surface area contributed by atoms with Gasteiger partial charge in [0.2, 0.25) is 0 Å². The number of rotatable bonds is 1. The molecule has 2 aliphatic rings. The Morgan fingerprint density at radius 1 is 1.18 bits per heavy atom. The first kappa shape index (κ1) is 17.3. The Morgan fingerprint density at radius 2 is 1.86 bits per heavy atom. The molecule has 2 unspecified atom stereocenters. The van der Waals surface area contributed by atoms with E-state index in [0.29, 0.717) is 0 Å². The molecule has 0 aromatic heterocycles. The average Bonchev–Trinajstić information content (AvgIpc) is 2.63. The van der Waals surface area contributed by atoms with Crippen molar-refractivity contribution in [1.82, 2.24) is 0 Å². The summed E-state index contributed by atoms with van der Waals surface area (Å²) in [5.41, 5.74) is 4.85. The molecule has 0 heterocycles. The van der Waals surface area contributed by atoms with E-state index in [0.717, 1.165) is 32.1 Å². The molecular weight excluding hydrogens is 268 g/mol. The van der Waals surface area contributed by atoms with E-state index in [4.69, 9.17) is 0 Å². The molecule has 0 amide bonds. The summed E-state index contributed by atoms with van der Waals surface area (Å²) >= 11 is 0. The number of aliphatic hydroxyl groups is 1. The molecule has 2 aliphatic carbocycles. The lowest BCUT2D eigenvalue weighted by Gasteiger charge is -2.32. The van der Waals surface area contributed by atoms with Crippen molar-refractivity contribution in [2.45, 2.75) is 72.3 Å². The Balaban J connectivity index is 2.48. The summed E-state index contributed by atoms with van der Waals surface area (Å²) in [5.74, 6) is 0.0831. The minimum atomic E-state index is -0.739. The summed E-state index contributed by atoms with van der Waals surface area (Å²) in [6.07, 6.45) is 12.5. The van der Waals surface area contributed by atoms with E-state index in [2.05, 4.69) is 45.6 Å². The average molecular weight is 300 g/mol. The highest BCUT2D eigenvalue weighted by Crippen LogP contribution is 2.55. The molecule has 122 valence electrons. The van der Waals surface area contributed by atoms with Gasteiger partial charge in [-0.3, -0.25) is 0 Å². The van der Waals surface area contributed by atoms with Crippen molar-refractivity contribution in [3.63, 3.8) is 0 Å². The lowest BCUT2D eigenvalue weighted by Crippen LogP contribution is -2.32. The molecule has 1 fully saturated rings. The molecule has 2 rings (SSSR count). The Hall–Kier alpha value is -1.08. The maximum atomic E-state index is 10.7. The van der Waals surface area contributed by atoms with Crippen LogP contribution in [0.4, 0.5) is 0 Å². The standard InChI is InChI=1S/C21H32O/c1-15-8-7-9-16(2)12-13-21(6)14-17(3)19(20(4,5)22)18(21)11-10-15/h8,11-12,19,22H,3,7,9-10,13-14H2,1-2,4-6H3. The maximum absolute atomic E-state index is 10.7. The van der Waals surface area contributed by atoms with Gasteiger partial charge in [0, 0.05) is 5.92 Å². The van der Waals surface area contributed by atoms with Crippen LogP contribution in [0.2, 0.25) is 0 Å². The van der Waals surface area contributed by atoms with E-state index in [-0.39, 0.29) is 11.3 Å². The monoisotopic (exact) mass is 300 g/mol. The Labute approximate surface area is 136 Å². The van der Waals surface area contributed by atoms with Gasteiger partial charge in [-0.1, -0.05) is 54.0 Å². The first-order chi connectivity index (χ1) is 10.1. The first-order valence-electron chi connectivity index (χ1n) is 8.55. The fourth-order valence-corrected chi connectivity index (χ4v) is 4.11. The SMILES string of the molecule is C=C1CC2(C)CC=C(C)CCC=C(C)CC=C2C1C(C)(C)O. The van der Waals surface area contributed by atoms with E-state index >= 15 is 0 Å². The van der Waals surface area contributed by atoms with Gasteiger partial charge in [-0.2, -0.15) is 0 Å². The third kappa shape index (κ3) is 3.63. The molecule has 22 heavy (non-hydrogen) atoms. The van der Waals surface area contributed by atoms with Crippen LogP contribution in [0.3, 0.4) is 0 Å². The molecule has 0 aliphatic heterocycles. The van der Waals surface area contributed by atoms with E-state index in [1.165, 1.54) is 22.3 Å². The molecule has 0 aromatic rings. The fraction of sp³-hybridized carbons (Fsp3) is 0.619. The van der Waals surface area contributed by atoms with Gasteiger partial charge in [0.25, 0.3) is 0 Å². The molecule has 0 saturated heterocycles. The highest BCUT2D eigenvalue weighted by molar-refractivity contribution is 5.39. The van der Waals surface area contributed by atoms with E-state index < -0.39 is 5.60 Å². The van der Waals surface area contributed by atoms with Crippen LogP contribution in [0.25, 0.3) is 0 Å². The van der Waals surface area contributed by atoms with Crippen LogP contribution in [0.15, 0.2) is 47.1 Å². The normalized spacial score (nSPS) is 30.9. The van der Waals surface area contributed by atoms with Crippen molar-refractivity contribution in [3.8, 4) is 0 Å². The first-order valence-corrected chi connectivity index (χ1v) is 8.55. The second-order valence-electron chi connectivity index (χ2n) is 8.19. The maximum Gasteiger partial charge on any atom is 0.0694 e. The van der Waals surface area contributed by atoms with Crippen LogP contribution < -0.4 is 0 Å². The third-order valence-electron chi connectivity index (χ3n) is 5.32. The van der Waals surface area contributed by atoms with Gasteiger partial charge < -0.3 is 5.11 Å². The molecular formula is C21H32O. The van der Waals surface area contributed by atoms with Crippen molar-refractivity contribution in [1.29, 1.82) is 0 Å². The number of hydrogen-bond acceptors (Lipinski definition) is 1. The Bertz CT molecular complexity index is 539. The van der Waals surface area contributed by atoms with Crippen LogP contribution in [-0.4, -0.2) is 10.7 Å². The van der Waals surface area contributed by atoms with Crippen LogP contribution in [-0.2, 0) is 0 Å². The summed E-state index contributed by atoms with van der Waals surface area (Å²) in [4.78, 5) is 0. The second kappa shape index (κ2) is 6.20. The lowest BCUT2D eigenvalue weighted by atomic mass is 9.75. The fourth-order valence-electron chi connectivity index (χ4n) is 4.11. The molecule has 0 radical (unpaired) electrons. The van der Waals surface area contributed by atoms with Gasteiger partial charge in [-0.15, -0.1) is 0 Å². The third-order valence-corrected chi connectivity index (χ3v) is 5.32. The molecule has 1 saturated carbocycles. The van der Waals surface area contributed by atoms with Gasteiger partial charge in [-0.05, 0) is 65.2 Å². The predicted octanol–water partition coefficient (Wildman–Crippen LogP) is 5.73. The van der Waals surface area contributed by atoms with Crippen LogP contribution in [0.5, 0.6) is 0 Å². The smallest absolute Gasteiger partial charge is 0.0694 e. The molecule has 1 heteroatoms. The van der Waals surface area contributed by atoms with Crippen molar-refractivity contribution in [3.05, 3.63) is 47.1 Å². The van der Waals surface area contributed by atoms with Gasteiger partial charge in [-0.25, -0.2) is 0 Å². The van der Waals surface area contributed by atoms with Gasteiger partial charge >= 0.3 is 0 Å². The highest BCUT2D eigenvalue weighted by atomic mass is 16.3. The summed E-state index contributed by atoms with van der Waals surface area (Å²) in [6, 6.07) is 0. The summed E-state index contributed by atoms with van der Waals surface area (Å²) < 4.78 is 0. The van der Waals surface area contributed by atoms with Crippen LogP contribution in [0, 0.1) is 11.3 Å². The van der Waals surface area contributed by atoms with Gasteiger partial charge in [0.15, 0.2) is 0 Å². The number of hydrogen-bond donors (Lipinski definition) is 1. The zero-order valence-electron chi connectivity index (χ0n) is 15.0. The Morgan fingerprint density at radius 3 is 2.50 bits per heavy atom. The summed E-state index contributed by atoms with van der Waals surface area (Å²) in [6.45, 7) is 14.9. The minimum absolute atomic E-state index is 0.0831. The van der Waals surface area contributed by atoms with E-state index in [1.807, 2.05) is 13.8 Å². The van der Waals surface area contributed by atoms with Gasteiger partial charge in [0.05, 0.1) is 5.60 Å². The van der Waals surface area contributed by atoms with E-state index in [1.54, 1.807) is 0 Å². The zero-order chi connectivity index (χ0) is 16.5. The molecule has 0 aromatic carbocycles. The molecule has 0 bridgehead atoms. The molecule has 1 nitrogen and oxygen atoms in total. The van der Waals surface area contributed by atoms with Gasteiger partial charge in [0.1, 0.15) is 0 Å². The Kier molecular flexibility index (Phi) is 4.87. The van der Waals surface area contributed by atoms with Crippen molar-refractivity contribution < 1.29 is 5.11 Å². The topological polar surface area (TPSA) is 20.2 Å². The van der Waals surface area contributed by atoms with Crippen LogP contribution in [0.1, 0.15) is 66.7 Å². The molecule has 2 atom stereocenters. The quantitative estimate of drug-likeness (QED) is 0.613. The van der Waals surface area contributed by atoms with Crippen molar-refractivity contribution in [2.75, 3.05) is 0 Å². The summed E-state index contributed by atoms with van der Waals surface area (Å²) in [5, 5.41) is 10.7. The van der Waals surface area contributed by atoms with Crippen molar-refractivity contribution >= 4 is 0 Å². The zero-order valence-corrected chi connectivity index (χ0v) is 15.0.